The predicted octanol–water partition coefficient (Wildman–Crippen LogP) is 0.728. The summed E-state index contributed by atoms with van der Waals surface area (Å²) in [5.41, 5.74) is 25.2. The number of alkyl carbamates (subject to hydrolysis) is 2. The quantitative estimate of drug-likeness (QED) is 0.131. The highest BCUT2D eigenvalue weighted by atomic mass is 16.6. The monoisotopic (exact) mass is 497 g/mol. The molecule has 0 aliphatic rings. The molecular formula is C21H51N7O6. The van der Waals surface area contributed by atoms with Crippen molar-refractivity contribution in [3.63, 3.8) is 0 Å². The van der Waals surface area contributed by atoms with Gasteiger partial charge in [-0.25, -0.2) is 14.4 Å². The first-order chi connectivity index (χ1) is 16.3. The number of hydrogen-bond donors (Lipinski definition) is 7. The van der Waals surface area contributed by atoms with Crippen molar-refractivity contribution in [2.45, 2.75) is 59.3 Å². The lowest BCUT2D eigenvalue weighted by molar-refractivity contribution is 0.129. The van der Waals surface area contributed by atoms with Crippen LogP contribution in [-0.2, 0) is 14.2 Å². The second-order valence-electron chi connectivity index (χ2n) is 6.51. The van der Waals surface area contributed by atoms with Crippen molar-refractivity contribution in [2.24, 2.45) is 28.7 Å². The molecule has 0 aliphatic heterocycles. The zero-order valence-electron chi connectivity index (χ0n) is 21.4. The van der Waals surface area contributed by atoms with Gasteiger partial charge >= 0.3 is 18.3 Å². The van der Waals surface area contributed by atoms with Crippen LogP contribution in [0.4, 0.5) is 14.4 Å². The van der Waals surface area contributed by atoms with Gasteiger partial charge in [0, 0.05) is 6.54 Å². The van der Waals surface area contributed by atoms with E-state index in [0.29, 0.717) is 0 Å². The SMILES string of the molecule is CCCCN.CCCCN.CCCCN.NCCOC(=O)NCCOC(=O)NCCOC(N)=O. The maximum Gasteiger partial charge on any atom is 0.407 e. The molecule has 0 aromatic heterocycles. The minimum atomic E-state index is -0.921. The van der Waals surface area contributed by atoms with E-state index in [1.54, 1.807) is 0 Å². The van der Waals surface area contributed by atoms with Crippen molar-refractivity contribution in [2.75, 3.05) is 59.1 Å². The standard InChI is InChI=1S/C9H18N4O6.3C4H11N/c10-1-4-18-8(15)13-3-6-19-9(16)12-2-5-17-7(11)14;3*1-2-3-4-5/h1-6,10H2,(H2,11,14)(H,12,16)(H,13,15);3*2-5H2,1H3. The van der Waals surface area contributed by atoms with Gasteiger partial charge in [0.25, 0.3) is 0 Å². The molecule has 0 atom stereocenters. The molecule has 34 heavy (non-hydrogen) atoms. The summed E-state index contributed by atoms with van der Waals surface area (Å²) in [4.78, 5) is 32.1. The third kappa shape index (κ3) is 51.9. The van der Waals surface area contributed by atoms with Crippen LogP contribution < -0.4 is 39.3 Å². The Hall–Kier alpha value is -2.35. The maximum absolute atomic E-state index is 11.0. The van der Waals surface area contributed by atoms with Crippen LogP contribution in [0.1, 0.15) is 59.3 Å². The fourth-order valence-corrected chi connectivity index (χ4v) is 1.47. The van der Waals surface area contributed by atoms with Gasteiger partial charge < -0.3 is 53.5 Å². The molecule has 12 N–H and O–H groups in total. The average molecular weight is 498 g/mol. The third-order valence-electron chi connectivity index (χ3n) is 3.24. The summed E-state index contributed by atoms with van der Waals surface area (Å²) in [5.74, 6) is 0. The molecule has 0 unspecified atom stereocenters. The molecular weight excluding hydrogens is 446 g/mol. The second-order valence-corrected chi connectivity index (χ2v) is 6.51. The average Bonchev–Trinajstić information content (AvgIpc) is 2.81. The number of rotatable bonds is 14. The number of ether oxygens (including phenoxy) is 3. The summed E-state index contributed by atoms with van der Waals surface area (Å²) in [5, 5.41) is 4.65. The van der Waals surface area contributed by atoms with Gasteiger partial charge in [-0.05, 0) is 38.9 Å². The normalized spacial score (nSPS) is 8.91. The molecule has 3 amide bonds. The molecule has 0 radical (unpaired) electrons. The van der Waals surface area contributed by atoms with Gasteiger partial charge in [-0.1, -0.05) is 40.0 Å². The van der Waals surface area contributed by atoms with Gasteiger partial charge in [0.05, 0.1) is 13.1 Å². The van der Waals surface area contributed by atoms with E-state index in [-0.39, 0.29) is 39.5 Å². The first-order valence-corrected chi connectivity index (χ1v) is 11.8. The van der Waals surface area contributed by atoms with E-state index in [0.717, 1.165) is 19.6 Å². The summed E-state index contributed by atoms with van der Waals surface area (Å²) in [6.45, 7) is 9.39. The van der Waals surface area contributed by atoms with Crippen LogP contribution in [-0.4, -0.2) is 77.4 Å². The Bertz CT molecular complexity index is 412. The molecule has 206 valence electrons. The van der Waals surface area contributed by atoms with Crippen LogP contribution in [0.25, 0.3) is 0 Å². The molecule has 0 saturated heterocycles. The predicted molar refractivity (Wildman–Crippen MR) is 135 cm³/mol. The number of carbonyl (C=O) groups excluding carboxylic acids is 3. The Morgan fingerprint density at radius 3 is 1.21 bits per heavy atom. The number of primary amides is 1. The molecule has 0 heterocycles. The second kappa shape index (κ2) is 37.9. The van der Waals surface area contributed by atoms with Gasteiger partial charge in [0.15, 0.2) is 0 Å². The Morgan fingerprint density at radius 2 is 0.941 bits per heavy atom. The van der Waals surface area contributed by atoms with Crippen LogP contribution in [0.15, 0.2) is 0 Å². The summed E-state index contributed by atoms with van der Waals surface area (Å²) < 4.78 is 13.7. The van der Waals surface area contributed by atoms with Crippen LogP contribution in [0.5, 0.6) is 0 Å². The fraction of sp³-hybridized carbons (Fsp3) is 0.857. The van der Waals surface area contributed by atoms with Crippen molar-refractivity contribution >= 4 is 18.3 Å². The van der Waals surface area contributed by atoms with Gasteiger partial charge in [-0.15, -0.1) is 0 Å². The molecule has 0 fully saturated rings. The number of carbonyl (C=O) groups is 3. The number of unbranched alkanes of at least 4 members (excludes halogenated alkanes) is 3. The van der Waals surface area contributed by atoms with Crippen LogP contribution in [0.2, 0.25) is 0 Å². The lowest BCUT2D eigenvalue weighted by atomic mass is 10.3. The van der Waals surface area contributed by atoms with E-state index in [1.165, 1.54) is 38.5 Å². The Kier molecular flexibility index (Phi) is 43.4. The lowest BCUT2D eigenvalue weighted by Crippen LogP contribution is -2.33. The first kappa shape index (κ1) is 38.9. The molecule has 0 bridgehead atoms. The van der Waals surface area contributed by atoms with Crippen molar-refractivity contribution < 1.29 is 28.6 Å². The molecule has 0 saturated carbocycles. The molecule has 0 aliphatic carbocycles. The number of nitrogens with two attached hydrogens (primary N) is 5. The lowest BCUT2D eigenvalue weighted by Gasteiger charge is -2.08. The van der Waals surface area contributed by atoms with Gasteiger partial charge in [-0.2, -0.15) is 0 Å². The fourth-order valence-electron chi connectivity index (χ4n) is 1.47. The minimum absolute atomic E-state index is 0.0275. The van der Waals surface area contributed by atoms with E-state index in [9.17, 15) is 14.4 Å². The van der Waals surface area contributed by atoms with Gasteiger partial charge in [0.2, 0.25) is 0 Å². The molecule has 0 spiro atoms. The number of hydrogen-bond acceptors (Lipinski definition) is 10. The van der Waals surface area contributed by atoms with E-state index >= 15 is 0 Å². The van der Waals surface area contributed by atoms with Crippen LogP contribution in [0.3, 0.4) is 0 Å². The number of amides is 3. The van der Waals surface area contributed by atoms with E-state index in [1.807, 2.05) is 0 Å². The highest BCUT2D eigenvalue weighted by molar-refractivity contribution is 5.68. The Morgan fingerprint density at radius 1 is 0.588 bits per heavy atom. The molecule has 0 aromatic rings. The van der Waals surface area contributed by atoms with Crippen molar-refractivity contribution in [3.8, 4) is 0 Å². The van der Waals surface area contributed by atoms with Gasteiger partial charge in [-0.3, -0.25) is 0 Å². The van der Waals surface area contributed by atoms with Crippen molar-refractivity contribution in [1.82, 2.24) is 10.6 Å². The summed E-state index contributed by atoms with van der Waals surface area (Å²) >= 11 is 0. The van der Waals surface area contributed by atoms with E-state index in [4.69, 9.17) is 28.7 Å². The largest absolute Gasteiger partial charge is 0.448 e. The van der Waals surface area contributed by atoms with E-state index in [2.05, 4.69) is 45.6 Å². The molecule has 13 nitrogen and oxygen atoms in total. The Balaban J connectivity index is -0.000000242. The maximum atomic E-state index is 11.0. The highest BCUT2D eigenvalue weighted by Crippen LogP contribution is 1.80. The summed E-state index contributed by atoms with van der Waals surface area (Å²) in [6.07, 6.45) is 4.90. The summed E-state index contributed by atoms with van der Waals surface area (Å²) in [7, 11) is 0. The topological polar surface area (TPSA) is 233 Å². The molecule has 13 heteroatoms. The third-order valence-corrected chi connectivity index (χ3v) is 3.24. The Labute approximate surface area is 205 Å². The zero-order chi connectivity index (χ0) is 26.9. The first-order valence-electron chi connectivity index (χ1n) is 11.8. The van der Waals surface area contributed by atoms with Gasteiger partial charge in [0.1, 0.15) is 19.8 Å². The van der Waals surface area contributed by atoms with Crippen molar-refractivity contribution in [3.05, 3.63) is 0 Å². The minimum Gasteiger partial charge on any atom is -0.448 e. The molecule has 0 rings (SSSR count). The number of nitrogens with one attached hydrogen (secondary N) is 2. The van der Waals surface area contributed by atoms with Crippen LogP contribution >= 0.6 is 0 Å². The smallest absolute Gasteiger partial charge is 0.407 e. The molecule has 0 aromatic carbocycles. The zero-order valence-corrected chi connectivity index (χ0v) is 21.4. The van der Waals surface area contributed by atoms with Crippen LogP contribution in [0, 0.1) is 0 Å². The van der Waals surface area contributed by atoms with Crippen molar-refractivity contribution in [1.29, 1.82) is 0 Å². The van der Waals surface area contributed by atoms with E-state index < -0.39 is 18.3 Å². The summed E-state index contributed by atoms with van der Waals surface area (Å²) in [6, 6.07) is 0. The highest BCUT2D eigenvalue weighted by Gasteiger charge is 2.03.